The Morgan fingerprint density at radius 3 is 2.00 bits per heavy atom. The molecular formula is C18H23N5. The van der Waals surface area contributed by atoms with Crippen molar-refractivity contribution in [1.82, 2.24) is 0 Å². The lowest BCUT2D eigenvalue weighted by atomic mass is 9.93. The van der Waals surface area contributed by atoms with Crippen molar-refractivity contribution in [3.05, 3.63) is 72.3 Å². The Morgan fingerprint density at radius 1 is 0.826 bits per heavy atom. The molecule has 0 atom stereocenters. The van der Waals surface area contributed by atoms with Crippen molar-refractivity contribution in [3.63, 3.8) is 0 Å². The van der Waals surface area contributed by atoms with Crippen molar-refractivity contribution in [2.24, 2.45) is 11.5 Å². The number of para-hydroxylation sites is 1. The second kappa shape index (κ2) is 7.00. The Kier molecular flexibility index (Phi) is 5.05. The molecule has 0 fully saturated rings. The minimum Gasteiger partial charge on any atom is -0.399 e. The van der Waals surface area contributed by atoms with E-state index in [9.17, 15) is 0 Å². The van der Waals surface area contributed by atoms with Gasteiger partial charge in [0.15, 0.2) is 0 Å². The molecule has 23 heavy (non-hydrogen) atoms. The number of anilines is 3. The Bertz CT molecular complexity index is 717. The van der Waals surface area contributed by atoms with E-state index >= 15 is 0 Å². The molecule has 0 radical (unpaired) electrons. The predicted octanol–water partition coefficient (Wildman–Crippen LogP) is 2.08. The third-order valence-corrected chi connectivity index (χ3v) is 3.43. The van der Waals surface area contributed by atoms with Gasteiger partial charge in [0.1, 0.15) is 0 Å². The summed E-state index contributed by atoms with van der Waals surface area (Å²) < 4.78 is 0. The number of nitrogens with two attached hydrogens (primary N) is 5. The maximum absolute atomic E-state index is 5.90. The van der Waals surface area contributed by atoms with Crippen LogP contribution in [0.3, 0.4) is 0 Å². The Morgan fingerprint density at radius 2 is 1.52 bits per heavy atom. The number of benzene rings is 2. The number of rotatable bonds is 1. The summed E-state index contributed by atoms with van der Waals surface area (Å²) in [7, 11) is 0. The van der Waals surface area contributed by atoms with Crippen LogP contribution in [0.4, 0.5) is 17.1 Å². The van der Waals surface area contributed by atoms with Crippen molar-refractivity contribution in [1.29, 1.82) is 0 Å². The molecule has 3 rings (SSSR count). The molecular weight excluding hydrogens is 286 g/mol. The molecule has 1 aliphatic rings. The highest BCUT2D eigenvalue weighted by Crippen LogP contribution is 2.28. The highest BCUT2D eigenvalue weighted by molar-refractivity contribution is 5.83. The van der Waals surface area contributed by atoms with E-state index in [4.69, 9.17) is 28.7 Å². The van der Waals surface area contributed by atoms with Gasteiger partial charge in [-0.3, -0.25) is 0 Å². The third-order valence-electron chi connectivity index (χ3n) is 3.43. The summed E-state index contributed by atoms with van der Waals surface area (Å²) >= 11 is 0. The van der Waals surface area contributed by atoms with Crippen molar-refractivity contribution >= 4 is 22.6 Å². The number of hydrogen-bond donors (Lipinski definition) is 5. The van der Waals surface area contributed by atoms with Gasteiger partial charge in [0.2, 0.25) is 0 Å². The summed E-state index contributed by atoms with van der Waals surface area (Å²) in [5, 5.41) is 0. The first-order valence-corrected chi connectivity index (χ1v) is 7.30. The van der Waals surface area contributed by atoms with Crippen LogP contribution in [0, 0.1) is 0 Å². The molecule has 120 valence electrons. The normalized spacial score (nSPS) is 15.3. The lowest BCUT2D eigenvalue weighted by Gasteiger charge is -2.23. The van der Waals surface area contributed by atoms with Crippen molar-refractivity contribution in [2.45, 2.75) is 12.1 Å². The maximum atomic E-state index is 5.90. The van der Waals surface area contributed by atoms with Crippen LogP contribution in [0.1, 0.15) is 12.0 Å². The molecule has 0 saturated heterocycles. The molecule has 10 N–H and O–H groups in total. The van der Waals surface area contributed by atoms with Gasteiger partial charge in [-0.25, -0.2) is 0 Å². The minimum atomic E-state index is -0.744. The van der Waals surface area contributed by atoms with Crippen LogP contribution in [0.25, 0.3) is 5.57 Å². The van der Waals surface area contributed by atoms with E-state index in [0.717, 1.165) is 16.8 Å². The summed E-state index contributed by atoms with van der Waals surface area (Å²) in [5.41, 5.74) is 31.8. The first kappa shape index (κ1) is 16.6. The van der Waals surface area contributed by atoms with Crippen LogP contribution in [0.15, 0.2) is 66.8 Å². The van der Waals surface area contributed by atoms with E-state index in [1.807, 2.05) is 54.6 Å². The summed E-state index contributed by atoms with van der Waals surface area (Å²) in [5.74, 6) is 0. The molecule has 0 bridgehead atoms. The van der Waals surface area contributed by atoms with Gasteiger partial charge < -0.3 is 28.7 Å². The fourth-order valence-electron chi connectivity index (χ4n) is 2.16. The summed E-state index contributed by atoms with van der Waals surface area (Å²) in [6, 6.07) is 15.0. The Hall–Kier alpha value is -2.76. The van der Waals surface area contributed by atoms with Crippen molar-refractivity contribution < 1.29 is 0 Å². The molecule has 0 spiro atoms. The molecule has 5 nitrogen and oxygen atoms in total. The Labute approximate surface area is 136 Å². The van der Waals surface area contributed by atoms with Gasteiger partial charge in [-0.2, -0.15) is 0 Å². The van der Waals surface area contributed by atoms with Crippen molar-refractivity contribution in [2.75, 3.05) is 17.2 Å². The van der Waals surface area contributed by atoms with E-state index < -0.39 is 5.66 Å². The zero-order chi connectivity index (χ0) is 16.9. The van der Waals surface area contributed by atoms with E-state index in [0.29, 0.717) is 17.8 Å². The highest BCUT2D eigenvalue weighted by atomic mass is 14.9. The topological polar surface area (TPSA) is 130 Å². The molecule has 0 aromatic heterocycles. The molecule has 2 aromatic rings. The van der Waals surface area contributed by atoms with Crippen LogP contribution in [0.5, 0.6) is 0 Å². The van der Waals surface area contributed by atoms with Gasteiger partial charge in [0.25, 0.3) is 0 Å². The fourth-order valence-corrected chi connectivity index (χ4v) is 2.16. The summed E-state index contributed by atoms with van der Waals surface area (Å²) in [6.45, 7) is 0. The fraction of sp³-hybridized carbons (Fsp3) is 0.111. The van der Waals surface area contributed by atoms with Gasteiger partial charge in [-0.1, -0.05) is 36.4 Å². The quantitative estimate of drug-likeness (QED) is 0.406. The number of allylic oxidation sites excluding steroid dienone is 2. The highest BCUT2D eigenvalue weighted by Gasteiger charge is 2.18. The van der Waals surface area contributed by atoms with Gasteiger partial charge in [0.05, 0.1) is 5.66 Å². The van der Waals surface area contributed by atoms with E-state index in [1.165, 1.54) is 0 Å². The third kappa shape index (κ3) is 4.88. The molecule has 0 amide bonds. The standard InChI is InChI=1S/C12H16N4.C6H7N/c13-9-1-2-10(11(14)7-9)8-3-5-12(15,16)6-4-8;7-6-4-2-1-3-5-6/h1-5,7H,6,13-16H2;1-5H,7H2. The first-order chi connectivity index (χ1) is 10.9. The Balaban J connectivity index is 0.000000229. The largest absolute Gasteiger partial charge is 0.399 e. The van der Waals surface area contributed by atoms with Gasteiger partial charge in [-0.15, -0.1) is 0 Å². The predicted molar refractivity (Wildman–Crippen MR) is 99.0 cm³/mol. The molecule has 0 aliphatic heterocycles. The van der Waals surface area contributed by atoms with Crippen LogP contribution in [-0.2, 0) is 0 Å². The van der Waals surface area contributed by atoms with E-state index in [2.05, 4.69) is 0 Å². The summed E-state index contributed by atoms with van der Waals surface area (Å²) in [4.78, 5) is 0. The monoisotopic (exact) mass is 309 g/mol. The molecule has 2 aromatic carbocycles. The van der Waals surface area contributed by atoms with E-state index in [-0.39, 0.29) is 0 Å². The SMILES string of the molecule is Nc1ccc(C2=CCC(N)(N)C=C2)c(N)c1.Nc1ccccc1. The van der Waals surface area contributed by atoms with Crippen LogP contribution < -0.4 is 28.7 Å². The molecule has 1 aliphatic carbocycles. The van der Waals surface area contributed by atoms with E-state index in [1.54, 1.807) is 12.1 Å². The average Bonchev–Trinajstić information content (AvgIpc) is 2.49. The number of hydrogen-bond acceptors (Lipinski definition) is 5. The van der Waals surface area contributed by atoms with Crippen molar-refractivity contribution in [3.8, 4) is 0 Å². The zero-order valence-corrected chi connectivity index (χ0v) is 12.9. The molecule has 0 heterocycles. The van der Waals surface area contributed by atoms with Gasteiger partial charge in [0, 0.05) is 29.0 Å². The lowest BCUT2D eigenvalue weighted by Crippen LogP contribution is -2.47. The molecule has 0 saturated carbocycles. The molecule has 5 heteroatoms. The smallest absolute Gasteiger partial charge is 0.0867 e. The van der Waals surface area contributed by atoms with Gasteiger partial charge in [-0.05, 0) is 35.9 Å². The molecule has 0 unspecified atom stereocenters. The zero-order valence-electron chi connectivity index (χ0n) is 12.9. The second-order valence-electron chi connectivity index (χ2n) is 5.57. The first-order valence-electron chi connectivity index (χ1n) is 7.30. The number of nitrogen functional groups attached to an aromatic ring is 3. The average molecular weight is 309 g/mol. The van der Waals surface area contributed by atoms with Crippen LogP contribution >= 0.6 is 0 Å². The van der Waals surface area contributed by atoms with Crippen LogP contribution in [0.2, 0.25) is 0 Å². The second-order valence-corrected chi connectivity index (χ2v) is 5.57. The maximum Gasteiger partial charge on any atom is 0.0867 e. The lowest BCUT2D eigenvalue weighted by molar-refractivity contribution is 0.559. The van der Waals surface area contributed by atoms with Crippen LogP contribution in [-0.4, -0.2) is 5.66 Å². The van der Waals surface area contributed by atoms with Gasteiger partial charge >= 0.3 is 0 Å². The minimum absolute atomic E-state index is 0.600. The summed E-state index contributed by atoms with van der Waals surface area (Å²) in [6.07, 6.45) is 6.27.